The van der Waals surface area contributed by atoms with E-state index < -0.39 is 0 Å². The van der Waals surface area contributed by atoms with E-state index >= 15 is 0 Å². The number of fused-ring (bicyclic) bond motifs is 6. The molecule has 0 spiro atoms. The summed E-state index contributed by atoms with van der Waals surface area (Å²) in [7, 11) is 0. The van der Waals surface area contributed by atoms with E-state index in [9.17, 15) is 0 Å². The van der Waals surface area contributed by atoms with E-state index in [2.05, 4.69) is 217 Å². The largest absolute Gasteiger partial charge is 0.310 e. The Labute approximate surface area is 310 Å². The van der Waals surface area contributed by atoms with Gasteiger partial charge in [-0.1, -0.05) is 153 Å². The Morgan fingerprint density at radius 1 is 0.415 bits per heavy atom. The van der Waals surface area contributed by atoms with Crippen molar-refractivity contribution < 1.29 is 0 Å². The molecule has 0 saturated heterocycles. The zero-order chi connectivity index (χ0) is 35.5. The molecule has 0 atom stereocenters. The fourth-order valence-electron chi connectivity index (χ4n) is 8.70. The number of nitrogens with zero attached hydrogens (tertiary/aromatic N) is 2. The van der Waals surface area contributed by atoms with Crippen molar-refractivity contribution in [2.75, 3.05) is 4.90 Å². The summed E-state index contributed by atoms with van der Waals surface area (Å²) in [6, 6.07) is 70.8. The molecule has 8 aromatic carbocycles. The van der Waals surface area contributed by atoms with Gasteiger partial charge in [-0.25, -0.2) is 0 Å². The Morgan fingerprint density at radius 3 is 1.74 bits per heavy atom. The topological polar surface area (TPSA) is 8.17 Å². The standard InChI is InChI=1S/C51H38N2/c1-51(2)45-26-14-12-24-42(45)43-31-29-39(34-46(43)51)52(47-27-15-13-23-40(47)35-17-6-3-7-18-35)38-30-32-48-44(33-38)50-41(36-19-8-4-9-20-36)25-16-28-49(50)53(48)37-21-10-5-11-22-37/h3-34H,1-2H3. The molecule has 1 heterocycles. The molecule has 53 heavy (non-hydrogen) atoms. The third-order valence-electron chi connectivity index (χ3n) is 11.2. The van der Waals surface area contributed by atoms with Gasteiger partial charge in [0.1, 0.15) is 0 Å². The van der Waals surface area contributed by atoms with Crippen molar-refractivity contribution in [1.82, 2.24) is 4.57 Å². The van der Waals surface area contributed by atoms with Gasteiger partial charge in [-0.05, 0) is 93.5 Å². The normalized spacial score (nSPS) is 12.9. The monoisotopic (exact) mass is 678 g/mol. The number of rotatable bonds is 6. The van der Waals surface area contributed by atoms with Crippen LogP contribution in [0.1, 0.15) is 25.0 Å². The summed E-state index contributed by atoms with van der Waals surface area (Å²) in [4.78, 5) is 2.47. The third kappa shape index (κ3) is 4.94. The average molecular weight is 679 g/mol. The predicted octanol–water partition coefficient (Wildman–Crippen LogP) is 13.9. The van der Waals surface area contributed by atoms with Crippen molar-refractivity contribution in [3.8, 4) is 39.1 Å². The first kappa shape index (κ1) is 31.1. The molecule has 2 nitrogen and oxygen atoms in total. The molecule has 0 saturated carbocycles. The highest BCUT2D eigenvalue weighted by atomic mass is 15.1. The van der Waals surface area contributed by atoms with Crippen molar-refractivity contribution in [2.24, 2.45) is 0 Å². The van der Waals surface area contributed by atoms with Gasteiger partial charge in [0.2, 0.25) is 0 Å². The summed E-state index contributed by atoms with van der Waals surface area (Å²) in [5, 5.41) is 2.47. The number of aromatic nitrogens is 1. The van der Waals surface area contributed by atoms with Crippen LogP contribution in [0.5, 0.6) is 0 Å². The fourth-order valence-corrected chi connectivity index (χ4v) is 8.70. The van der Waals surface area contributed by atoms with Crippen molar-refractivity contribution in [3.05, 3.63) is 205 Å². The quantitative estimate of drug-likeness (QED) is 0.170. The third-order valence-corrected chi connectivity index (χ3v) is 11.2. The summed E-state index contributed by atoms with van der Waals surface area (Å²) >= 11 is 0. The molecule has 0 bridgehead atoms. The van der Waals surface area contributed by atoms with Crippen LogP contribution < -0.4 is 4.90 Å². The van der Waals surface area contributed by atoms with E-state index in [4.69, 9.17) is 0 Å². The SMILES string of the molecule is CC1(C)c2ccccc2-c2ccc(N(c3ccc4c(c3)c3c(-c5ccccc5)cccc3n4-c3ccccc3)c3ccccc3-c3ccccc3)cc21. The summed E-state index contributed by atoms with van der Waals surface area (Å²) in [5.74, 6) is 0. The lowest BCUT2D eigenvalue weighted by Crippen LogP contribution is -2.16. The Hall–Kier alpha value is -6.64. The molecule has 1 aliphatic rings. The lowest BCUT2D eigenvalue weighted by atomic mass is 9.82. The highest BCUT2D eigenvalue weighted by molar-refractivity contribution is 6.17. The molecule has 252 valence electrons. The minimum Gasteiger partial charge on any atom is -0.310 e. The highest BCUT2D eigenvalue weighted by Gasteiger charge is 2.36. The molecule has 9 aromatic rings. The van der Waals surface area contributed by atoms with Crippen LogP contribution in [-0.4, -0.2) is 4.57 Å². The van der Waals surface area contributed by atoms with E-state index in [-0.39, 0.29) is 5.41 Å². The van der Waals surface area contributed by atoms with Gasteiger partial charge in [0.15, 0.2) is 0 Å². The molecule has 2 heteroatoms. The summed E-state index contributed by atoms with van der Waals surface area (Å²) in [5.41, 5.74) is 17.0. The molecule has 0 unspecified atom stereocenters. The maximum Gasteiger partial charge on any atom is 0.0547 e. The minimum absolute atomic E-state index is 0.121. The number of hydrogen-bond acceptors (Lipinski definition) is 1. The van der Waals surface area contributed by atoms with Gasteiger partial charge in [0.25, 0.3) is 0 Å². The molecular weight excluding hydrogens is 641 g/mol. The molecule has 0 fully saturated rings. The van der Waals surface area contributed by atoms with Gasteiger partial charge in [-0.3, -0.25) is 0 Å². The predicted molar refractivity (Wildman–Crippen MR) is 224 cm³/mol. The number of hydrogen-bond donors (Lipinski definition) is 0. The minimum atomic E-state index is -0.121. The molecule has 10 rings (SSSR count). The van der Waals surface area contributed by atoms with Crippen molar-refractivity contribution in [2.45, 2.75) is 19.3 Å². The van der Waals surface area contributed by atoms with E-state index in [1.807, 2.05) is 0 Å². The molecule has 0 radical (unpaired) electrons. The first-order valence-electron chi connectivity index (χ1n) is 18.4. The number of benzene rings is 8. The zero-order valence-electron chi connectivity index (χ0n) is 29.9. The first-order chi connectivity index (χ1) is 26.1. The number of para-hydroxylation sites is 2. The van der Waals surface area contributed by atoms with Crippen LogP contribution in [-0.2, 0) is 5.41 Å². The Balaban J connectivity index is 1.27. The van der Waals surface area contributed by atoms with Crippen LogP contribution in [0.25, 0.3) is 60.9 Å². The van der Waals surface area contributed by atoms with E-state index in [1.165, 1.54) is 66.3 Å². The van der Waals surface area contributed by atoms with Gasteiger partial charge in [-0.15, -0.1) is 0 Å². The van der Waals surface area contributed by atoms with Crippen LogP contribution >= 0.6 is 0 Å². The van der Waals surface area contributed by atoms with Gasteiger partial charge < -0.3 is 9.47 Å². The summed E-state index contributed by atoms with van der Waals surface area (Å²) in [6.07, 6.45) is 0. The smallest absolute Gasteiger partial charge is 0.0547 e. The molecule has 0 aliphatic heterocycles. The Morgan fingerprint density at radius 2 is 0.981 bits per heavy atom. The van der Waals surface area contributed by atoms with Crippen LogP contribution in [0.2, 0.25) is 0 Å². The molecule has 1 aromatic heterocycles. The average Bonchev–Trinajstić information content (AvgIpc) is 3.67. The van der Waals surface area contributed by atoms with Crippen molar-refractivity contribution in [3.63, 3.8) is 0 Å². The maximum atomic E-state index is 2.47. The van der Waals surface area contributed by atoms with Crippen molar-refractivity contribution in [1.29, 1.82) is 0 Å². The second-order valence-corrected chi connectivity index (χ2v) is 14.6. The molecule has 0 N–H and O–H groups in total. The molecular formula is C51H38N2. The first-order valence-corrected chi connectivity index (χ1v) is 18.4. The van der Waals surface area contributed by atoms with E-state index in [1.54, 1.807) is 0 Å². The summed E-state index contributed by atoms with van der Waals surface area (Å²) < 4.78 is 2.41. The van der Waals surface area contributed by atoms with Crippen LogP contribution in [0.15, 0.2) is 194 Å². The van der Waals surface area contributed by atoms with Gasteiger partial charge in [0, 0.05) is 38.8 Å². The molecule has 0 amide bonds. The Bertz CT molecular complexity index is 2790. The van der Waals surface area contributed by atoms with Crippen LogP contribution in [0.3, 0.4) is 0 Å². The summed E-state index contributed by atoms with van der Waals surface area (Å²) in [6.45, 7) is 4.72. The lowest BCUT2D eigenvalue weighted by Gasteiger charge is -2.30. The second-order valence-electron chi connectivity index (χ2n) is 14.6. The van der Waals surface area contributed by atoms with E-state index in [0.29, 0.717) is 0 Å². The molecule has 1 aliphatic carbocycles. The fraction of sp³-hybridized carbons (Fsp3) is 0.0588. The van der Waals surface area contributed by atoms with Gasteiger partial charge >= 0.3 is 0 Å². The highest BCUT2D eigenvalue weighted by Crippen LogP contribution is 2.51. The van der Waals surface area contributed by atoms with Crippen molar-refractivity contribution >= 4 is 38.9 Å². The number of anilines is 3. The van der Waals surface area contributed by atoms with Crippen LogP contribution in [0.4, 0.5) is 17.1 Å². The Kier molecular flexibility index (Phi) is 7.19. The van der Waals surface area contributed by atoms with E-state index in [0.717, 1.165) is 22.7 Å². The van der Waals surface area contributed by atoms with Gasteiger partial charge in [-0.2, -0.15) is 0 Å². The zero-order valence-corrected chi connectivity index (χ0v) is 29.9. The lowest BCUT2D eigenvalue weighted by molar-refractivity contribution is 0.660. The van der Waals surface area contributed by atoms with Gasteiger partial charge in [0.05, 0.1) is 16.7 Å². The van der Waals surface area contributed by atoms with Crippen LogP contribution in [0, 0.1) is 0 Å². The maximum absolute atomic E-state index is 2.47. The second kappa shape index (κ2) is 12.3.